The molecule has 0 saturated heterocycles. The summed E-state index contributed by atoms with van der Waals surface area (Å²) in [5.74, 6) is -0.449. The predicted octanol–water partition coefficient (Wildman–Crippen LogP) is 8.26. The van der Waals surface area contributed by atoms with Crippen molar-refractivity contribution in [3.05, 3.63) is 76.7 Å². The maximum absolute atomic E-state index is 15.8. The molecule has 1 N–H and O–H groups in total. The van der Waals surface area contributed by atoms with Crippen LogP contribution in [0.15, 0.2) is 48.7 Å². The number of ether oxygens (including phenoxy) is 2. The molecule has 1 aromatic heterocycles. The second-order valence-electron chi connectivity index (χ2n) is 12.1. The van der Waals surface area contributed by atoms with Gasteiger partial charge in [0.15, 0.2) is 0 Å². The van der Waals surface area contributed by atoms with Crippen molar-refractivity contribution in [3.8, 4) is 35.6 Å². The van der Waals surface area contributed by atoms with Gasteiger partial charge in [-0.3, -0.25) is 9.69 Å². The number of aryl methyl sites for hydroxylation is 1. The molecule has 6 nitrogen and oxygen atoms in total. The van der Waals surface area contributed by atoms with Gasteiger partial charge in [0.05, 0.1) is 13.0 Å². The molecule has 1 unspecified atom stereocenters. The molecule has 2 aromatic carbocycles. The van der Waals surface area contributed by atoms with Gasteiger partial charge in [0, 0.05) is 36.5 Å². The van der Waals surface area contributed by atoms with Crippen LogP contribution in [0.3, 0.4) is 0 Å². The van der Waals surface area contributed by atoms with Gasteiger partial charge in [-0.15, -0.1) is 12.8 Å². The first-order valence-electron chi connectivity index (χ1n) is 15.5. The first-order valence-corrected chi connectivity index (χ1v) is 15.5. The van der Waals surface area contributed by atoms with Crippen molar-refractivity contribution in [1.82, 2.24) is 9.88 Å². The summed E-state index contributed by atoms with van der Waals surface area (Å²) in [4.78, 5) is 17.9. The summed E-state index contributed by atoms with van der Waals surface area (Å²) in [5, 5.41) is 9.31. The zero-order chi connectivity index (χ0) is 32.4. The molecule has 2 atom stereocenters. The minimum atomic E-state index is -0.829. The van der Waals surface area contributed by atoms with Gasteiger partial charge in [-0.05, 0) is 99.0 Å². The van der Waals surface area contributed by atoms with Crippen molar-refractivity contribution in [2.75, 3.05) is 7.11 Å². The number of halogens is 1. The number of carboxylic acid groups (broad SMARTS) is 1. The van der Waals surface area contributed by atoms with E-state index in [1.54, 1.807) is 26.3 Å². The Bertz CT molecular complexity index is 1410. The normalized spacial score (nSPS) is 15.7. The van der Waals surface area contributed by atoms with E-state index in [9.17, 15) is 9.90 Å². The third kappa shape index (κ3) is 9.30. The molecule has 44 heavy (non-hydrogen) atoms. The number of fused-ring (bicyclic) bond motifs is 1. The summed E-state index contributed by atoms with van der Waals surface area (Å²) in [6, 6.07) is 13.8. The van der Waals surface area contributed by atoms with Crippen LogP contribution in [-0.4, -0.2) is 40.2 Å². The highest BCUT2D eigenvalue weighted by Gasteiger charge is 2.27. The van der Waals surface area contributed by atoms with E-state index in [2.05, 4.69) is 50.4 Å². The Hall–Kier alpha value is -3.89. The number of pyridine rings is 1. The van der Waals surface area contributed by atoms with Crippen LogP contribution in [0.5, 0.6) is 11.6 Å². The van der Waals surface area contributed by atoms with Gasteiger partial charge in [0.25, 0.3) is 0 Å². The number of aliphatic carboxylic acids is 1. The molecule has 2 aliphatic rings. The molecule has 2 heterocycles. The van der Waals surface area contributed by atoms with Gasteiger partial charge in [-0.1, -0.05) is 38.3 Å². The SMILES string of the molecule is C#C.C1CC1.COc1cc(-c2cc(F)c(C3CCc4ccc(C[C@H](C)C(=O)O)cc4O3)cc2CN(C(C)C)C(C)C)ccn1. The van der Waals surface area contributed by atoms with E-state index in [0.717, 1.165) is 34.2 Å². The molecule has 1 aliphatic heterocycles. The van der Waals surface area contributed by atoms with Crippen molar-refractivity contribution in [2.24, 2.45) is 5.92 Å². The van der Waals surface area contributed by atoms with Gasteiger partial charge in [-0.2, -0.15) is 0 Å². The molecule has 1 fully saturated rings. The highest BCUT2D eigenvalue weighted by atomic mass is 19.1. The van der Waals surface area contributed by atoms with E-state index in [1.165, 1.54) is 19.3 Å². The molecule has 1 saturated carbocycles. The maximum atomic E-state index is 15.8. The monoisotopic (exact) mass is 602 g/mol. The number of carboxylic acids is 1. The Morgan fingerprint density at radius 3 is 2.34 bits per heavy atom. The Labute approximate surface area is 262 Å². The van der Waals surface area contributed by atoms with Crippen LogP contribution >= 0.6 is 0 Å². The molecule has 5 rings (SSSR count). The topological polar surface area (TPSA) is 71.9 Å². The van der Waals surface area contributed by atoms with Crippen molar-refractivity contribution < 1.29 is 23.8 Å². The lowest BCUT2D eigenvalue weighted by atomic mass is 9.91. The molecule has 236 valence electrons. The van der Waals surface area contributed by atoms with Crippen LogP contribution in [0.1, 0.15) is 88.7 Å². The second-order valence-corrected chi connectivity index (χ2v) is 12.1. The maximum Gasteiger partial charge on any atom is 0.306 e. The zero-order valence-corrected chi connectivity index (χ0v) is 27.0. The first-order chi connectivity index (χ1) is 21.1. The fourth-order valence-electron chi connectivity index (χ4n) is 5.33. The number of terminal acetylenes is 1. The number of aromatic nitrogens is 1. The molecule has 3 aromatic rings. The number of benzene rings is 2. The average molecular weight is 603 g/mol. The highest BCUT2D eigenvalue weighted by molar-refractivity contribution is 5.70. The fourth-order valence-corrected chi connectivity index (χ4v) is 5.33. The number of hydrogen-bond acceptors (Lipinski definition) is 5. The summed E-state index contributed by atoms with van der Waals surface area (Å²) in [6.45, 7) is 11.0. The zero-order valence-electron chi connectivity index (χ0n) is 27.0. The Kier molecular flexibility index (Phi) is 12.8. The van der Waals surface area contributed by atoms with E-state index in [0.29, 0.717) is 48.7 Å². The summed E-state index contributed by atoms with van der Waals surface area (Å²) in [7, 11) is 1.57. The molecular formula is C37H47FN2O4. The van der Waals surface area contributed by atoms with Crippen molar-refractivity contribution in [2.45, 2.75) is 97.9 Å². The van der Waals surface area contributed by atoms with E-state index in [4.69, 9.17) is 9.47 Å². The molecule has 1 aliphatic carbocycles. The quantitative estimate of drug-likeness (QED) is 0.236. The van der Waals surface area contributed by atoms with Gasteiger partial charge in [-0.25, -0.2) is 9.37 Å². The van der Waals surface area contributed by atoms with Crippen LogP contribution in [0.25, 0.3) is 11.1 Å². The highest BCUT2D eigenvalue weighted by Crippen LogP contribution is 2.39. The molecule has 7 heteroatoms. The smallest absolute Gasteiger partial charge is 0.306 e. The number of rotatable bonds is 10. The number of nitrogens with zero attached hydrogens (tertiary/aromatic N) is 2. The molecule has 0 spiro atoms. The lowest BCUT2D eigenvalue weighted by molar-refractivity contribution is -0.141. The largest absolute Gasteiger partial charge is 0.485 e. The van der Waals surface area contributed by atoms with Crippen LogP contribution in [0.4, 0.5) is 4.39 Å². The van der Waals surface area contributed by atoms with Gasteiger partial charge in [0.1, 0.15) is 17.7 Å². The van der Waals surface area contributed by atoms with Crippen molar-refractivity contribution in [1.29, 1.82) is 0 Å². The third-order valence-corrected chi connectivity index (χ3v) is 7.90. The van der Waals surface area contributed by atoms with Crippen LogP contribution < -0.4 is 9.47 Å². The third-order valence-electron chi connectivity index (χ3n) is 7.90. The van der Waals surface area contributed by atoms with E-state index in [-0.39, 0.29) is 5.82 Å². The molecule has 0 amide bonds. The summed E-state index contributed by atoms with van der Waals surface area (Å²) in [5.41, 5.74) is 5.17. The van der Waals surface area contributed by atoms with Crippen LogP contribution in [0.2, 0.25) is 0 Å². The average Bonchev–Trinajstić information content (AvgIpc) is 3.90. The Balaban J connectivity index is 0.000000977. The molecule has 0 radical (unpaired) electrons. The summed E-state index contributed by atoms with van der Waals surface area (Å²) in [6.07, 6.45) is 15.6. The number of hydrogen-bond donors (Lipinski definition) is 1. The van der Waals surface area contributed by atoms with Gasteiger partial charge < -0.3 is 14.6 Å². The van der Waals surface area contributed by atoms with Crippen LogP contribution in [-0.2, 0) is 24.2 Å². The summed E-state index contributed by atoms with van der Waals surface area (Å²) >= 11 is 0. The Morgan fingerprint density at radius 1 is 1.07 bits per heavy atom. The lowest BCUT2D eigenvalue weighted by Gasteiger charge is -2.32. The molecule has 0 bridgehead atoms. The van der Waals surface area contributed by atoms with E-state index >= 15 is 4.39 Å². The summed E-state index contributed by atoms with van der Waals surface area (Å²) < 4.78 is 27.6. The van der Waals surface area contributed by atoms with Gasteiger partial charge in [0.2, 0.25) is 5.88 Å². The Morgan fingerprint density at radius 2 is 1.75 bits per heavy atom. The standard InChI is InChI=1S/C32H39FN2O4.C3H6.C2H2/c1-19(2)35(20(3)4)18-25-15-27(28(33)17-26(25)24-11-12-34-31(16-24)38-6)29-10-9-23-8-7-22(14-30(23)39-29)13-21(5)32(36)37;1-2-3-1;1-2/h7-8,11-12,14-17,19-21,29H,9-10,13,18H2,1-6H3,(H,36,37);1-3H2;1-2H/t21-,29?;;/m0../s1. The fraction of sp³-hybridized carbons (Fsp3) is 0.459. The predicted molar refractivity (Wildman–Crippen MR) is 174 cm³/mol. The number of methoxy groups -OCH3 is 1. The second kappa shape index (κ2) is 16.3. The number of carbonyl (C=O) groups is 1. The first kappa shape index (κ1) is 34.6. The minimum Gasteiger partial charge on any atom is -0.485 e. The minimum absolute atomic E-state index is 0.308. The van der Waals surface area contributed by atoms with Crippen molar-refractivity contribution in [3.63, 3.8) is 0 Å². The molecular weight excluding hydrogens is 555 g/mol. The lowest BCUT2D eigenvalue weighted by Crippen LogP contribution is -2.36. The van der Waals surface area contributed by atoms with E-state index in [1.807, 2.05) is 36.4 Å². The van der Waals surface area contributed by atoms with Crippen LogP contribution in [0, 0.1) is 24.6 Å². The van der Waals surface area contributed by atoms with Gasteiger partial charge >= 0.3 is 5.97 Å². The van der Waals surface area contributed by atoms with E-state index < -0.39 is 18.0 Å². The van der Waals surface area contributed by atoms with Crippen molar-refractivity contribution >= 4 is 5.97 Å².